The van der Waals surface area contributed by atoms with Crippen LogP contribution in [0.5, 0.6) is 0 Å². The molecule has 2 aromatic carbocycles. The second-order valence-corrected chi connectivity index (χ2v) is 5.22. The first-order valence-corrected chi connectivity index (χ1v) is 6.82. The molecule has 1 N–H and O–H groups in total. The minimum Gasteiger partial charge on any atom is -0.309 e. The van der Waals surface area contributed by atoms with Crippen molar-refractivity contribution in [3.8, 4) is 0 Å². The molecule has 0 aliphatic rings. The molecule has 1 nitrogen and oxygen atoms in total. The highest BCUT2D eigenvalue weighted by Crippen LogP contribution is 2.36. The summed E-state index contributed by atoms with van der Waals surface area (Å²) in [4.78, 5) is 0. The molecule has 2 rings (SSSR count). The fraction of sp³-hybridized carbons (Fsp3) is 0.250. The fourth-order valence-electron chi connectivity index (χ4n) is 2.36. The number of hydrogen-bond acceptors (Lipinski definition) is 1. The summed E-state index contributed by atoms with van der Waals surface area (Å²) in [5.41, 5.74) is 1.15. The predicted molar refractivity (Wildman–Crippen MR) is 78.5 cm³/mol. The number of benzene rings is 2. The van der Waals surface area contributed by atoms with Gasteiger partial charge in [-0.15, -0.1) is 0 Å². The molecular formula is C16H15ClF3N. The molecule has 1 atom stereocenters. The molecule has 21 heavy (non-hydrogen) atoms. The lowest BCUT2D eigenvalue weighted by Crippen LogP contribution is -2.22. The first-order valence-electron chi connectivity index (χ1n) is 6.44. The first kappa shape index (κ1) is 15.9. The highest BCUT2D eigenvalue weighted by Gasteiger charge is 2.35. The van der Waals surface area contributed by atoms with Crippen LogP contribution in [0.3, 0.4) is 0 Å². The van der Waals surface area contributed by atoms with Gasteiger partial charge in [-0.2, -0.15) is 13.2 Å². The SMILES string of the molecule is CNC(c1ccc(Cl)c(C)c1)c1ccccc1C(F)(F)F. The van der Waals surface area contributed by atoms with Crippen molar-refractivity contribution in [1.29, 1.82) is 0 Å². The molecule has 0 aliphatic heterocycles. The van der Waals surface area contributed by atoms with Gasteiger partial charge >= 0.3 is 6.18 Å². The summed E-state index contributed by atoms with van der Waals surface area (Å²) >= 11 is 5.98. The van der Waals surface area contributed by atoms with Crippen LogP contribution >= 0.6 is 11.6 Å². The Morgan fingerprint density at radius 3 is 2.33 bits per heavy atom. The van der Waals surface area contributed by atoms with Crippen LogP contribution in [0, 0.1) is 6.92 Å². The molecule has 0 fully saturated rings. The fourth-order valence-corrected chi connectivity index (χ4v) is 2.47. The summed E-state index contributed by atoms with van der Waals surface area (Å²) in [5.74, 6) is 0. The van der Waals surface area contributed by atoms with Gasteiger partial charge in [0.05, 0.1) is 11.6 Å². The van der Waals surface area contributed by atoms with Crippen molar-refractivity contribution in [3.63, 3.8) is 0 Å². The van der Waals surface area contributed by atoms with Gasteiger partial charge < -0.3 is 5.32 Å². The molecule has 0 heterocycles. The van der Waals surface area contributed by atoms with Gasteiger partial charge in [-0.3, -0.25) is 0 Å². The van der Waals surface area contributed by atoms with Gasteiger partial charge in [-0.25, -0.2) is 0 Å². The van der Waals surface area contributed by atoms with Crippen LogP contribution in [0.1, 0.15) is 28.3 Å². The quantitative estimate of drug-likeness (QED) is 0.843. The van der Waals surface area contributed by atoms with E-state index >= 15 is 0 Å². The average Bonchev–Trinajstić information content (AvgIpc) is 2.43. The lowest BCUT2D eigenvalue weighted by molar-refractivity contribution is -0.138. The van der Waals surface area contributed by atoms with Gasteiger partial charge in [0.25, 0.3) is 0 Å². The standard InChI is InChI=1S/C16H15ClF3N/c1-10-9-11(7-8-14(10)17)15(21-2)12-5-3-4-6-13(12)16(18,19)20/h3-9,15,21H,1-2H3. The van der Waals surface area contributed by atoms with Gasteiger partial charge in [0.1, 0.15) is 0 Å². The first-order chi connectivity index (χ1) is 9.84. The molecule has 5 heteroatoms. The van der Waals surface area contributed by atoms with E-state index in [4.69, 9.17) is 11.6 Å². The maximum absolute atomic E-state index is 13.2. The molecule has 0 spiro atoms. The van der Waals surface area contributed by atoms with Crippen LogP contribution in [-0.4, -0.2) is 7.05 Å². The zero-order valence-corrected chi connectivity index (χ0v) is 12.4. The maximum Gasteiger partial charge on any atom is 0.416 e. The minimum absolute atomic E-state index is 0.203. The van der Waals surface area contributed by atoms with Gasteiger partial charge in [-0.1, -0.05) is 41.9 Å². The van der Waals surface area contributed by atoms with Crippen LogP contribution in [-0.2, 0) is 6.18 Å². The van der Waals surface area contributed by atoms with E-state index in [-0.39, 0.29) is 5.56 Å². The Morgan fingerprint density at radius 1 is 1.10 bits per heavy atom. The zero-order valence-electron chi connectivity index (χ0n) is 11.6. The largest absolute Gasteiger partial charge is 0.416 e. The minimum atomic E-state index is -4.38. The number of alkyl halides is 3. The Hall–Kier alpha value is -1.52. The summed E-state index contributed by atoms with van der Waals surface area (Å²) < 4.78 is 39.5. The number of hydrogen-bond donors (Lipinski definition) is 1. The third-order valence-electron chi connectivity index (χ3n) is 3.38. The molecule has 0 amide bonds. The number of rotatable bonds is 3. The van der Waals surface area contributed by atoms with Crippen molar-refractivity contribution < 1.29 is 13.2 Å². The van der Waals surface area contributed by atoms with Crippen molar-refractivity contribution in [3.05, 3.63) is 69.7 Å². The zero-order chi connectivity index (χ0) is 15.6. The highest BCUT2D eigenvalue weighted by molar-refractivity contribution is 6.31. The lowest BCUT2D eigenvalue weighted by atomic mass is 9.93. The van der Waals surface area contributed by atoms with E-state index < -0.39 is 17.8 Å². The summed E-state index contributed by atoms with van der Waals surface area (Å²) in [6, 6.07) is 10.3. The molecule has 112 valence electrons. The molecule has 0 bridgehead atoms. The van der Waals surface area contributed by atoms with E-state index in [1.807, 2.05) is 6.92 Å². The van der Waals surface area contributed by atoms with Crippen LogP contribution in [0.25, 0.3) is 0 Å². The number of nitrogens with one attached hydrogen (secondary N) is 1. The van der Waals surface area contributed by atoms with Crippen molar-refractivity contribution in [2.75, 3.05) is 7.05 Å². The predicted octanol–water partition coefficient (Wildman–Crippen LogP) is 4.98. The average molecular weight is 314 g/mol. The van der Waals surface area contributed by atoms with Crippen molar-refractivity contribution in [1.82, 2.24) is 5.32 Å². The smallest absolute Gasteiger partial charge is 0.309 e. The van der Waals surface area contributed by atoms with Crippen LogP contribution in [0.2, 0.25) is 5.02 Å². The molecule has 0 radical (unpaired) electrons. The lowest BCUT2D eigenvalue weighted by Gasteiger charge is -2.22. The Balaban J connectivity index is 2.54. The Labute approximate surface area is 126 Å². The van der Waals surface area contributed by atoms with Gasteiger partial charge in [0, 0.05) is 5.02 Å². The van der Waals surface area contributed by atoms with E-state index in [9.17, 15) is 13.2 Å². The third kappa shape index (κ3) is 3.39. The second kappa shape index (κ2) is 6.08. The second-order valence-electron chi connectivity index (χ2n) is 4.82. The topological polar surface area (TPSA) is 12.0 Å². The van der Waals surface area contributed by atoms with E-state index in [1.165, 1.54) is 12.1 Å². The van der Waals surface area contributed by atoms with Crippen LogP contribution in [0.4, 0.5) is 13.2 Å². The normalized spacial score (nSPS) is 13.2. The molecule has 0 aliphatic carbocycles. The Bertz CT molecular complexity index is 638. The molecule has 1 unspecified atom stereocenters. The van der Waals surface area contributed by atoms with Crippen LogP contribution in [0.15, 0.2) is 42.5 Å². The maximum atomic E-state index is 13.2. The molecule has 0 saturated heterocycles. The van der Waals surface area contributed by atoms with E-state index in [0.717, 1.165) is 17.2 Å². The summed E-state index contributed by atoms with van der Waals surface area (Å²) in [6.45, 7) is 1.83. The van der Waals surface area contributed by atoms with Crippen molar-refractivity contribution >= 4 is 11.6 Å². The van der Waals surface area contributed by atoms with E-state index in [1.54, 1.807) is 31.3 Å². The van der Waals surface area contributed by atoms with Crippen molar-refractivity contribution in [2.24, 2.45) is 0 Å². The molecule has 2 aromatic rings. The third-order valence-corrected chi connectivity index (χ3v) is 3.81. The molecule has 0 aromatic heterocycles. The summed E-state index contributed by atoms with van der Waals surface area (Å²) in [5, 5.41) is 3.55. The Kier molecular flexibility index (Phi) is 4.59. The van der Waals surface area contributed by atoms with Gasteiger partial charge in [-0.05, 0) is 42.8 Å². The van der Waals surface area contributed by atoms with E-state index in [2.05, 4.69) is 5.32 Å². The highest BCUT2D eigenvalue weighted by atomic mass is 35.5. The van der Waals surface area contributed by atoms with Crippen LogP contribution < -0.4 is 5.32 Å². The number of halogens is 4. The monoisotopic (exact) mass is 313 g/mol. The summed E-state index contributed by atoms with van der Waals surface area (Å²) in [6.07, 6.45) is -4.38. The summed E-state index contributed by atoms with van der Waals surface area (Å²) in [7, 11) is 1.64. The molecular weight excluding hydrogens is 299 g/mol. The van der Waals surface area contributed by atoms with E-state index in [0.29, 0.717) is 5.02 Å². The number of aryl methyl sites for hydroxylation is 1. The van der Waals surface area contributed by atoms with Gasteiger partial charge in [0.2, 0.25) is 0 Å². The van der Waals surface area contributed by atoms with Crippen molar-refractivity contribution in [2.45, 2.75) is 19.1 Å². The Morgan fingerprint density at radius 2 is 1.76 bits per heavy atom. The van der Waals surface area contributed by atoms with Gasteiger partial charge in [0.15, 0.2) is 0 Å². The molecule has 0 saturated carbocycles.